The summed E-state index contributed by atoms with van der Waals surface area (Å²) in [6, 6.07) is 0.301. The van der Waals surface area contributed by atoms with Crippen LogP contribution in [0.15, 0.2) is 12.2 Å². The molecule has 1 saturated carbocycles. The van der Waals surface area contributed by atoms with Crippen LogP contribution >= 0.6 is 0 Å². The van der Waals surface area contributed by atoms with Gasteiger partial charge in [0.05, 0.1) is 12.0 Å². The molecule has 0 aromatic rings. The third-order valence-electron chi connectivity index (χ3n) is 3.85. The van der Waals surface area contributed by atoms with Crippen LogP contribution in [0.25, 0.3) is 0 Å². The van der Waals surface area contributed by atoms with Gasteiger partial charge in [0.15, 0.2) is 0 Å². The minimum Gasteiger partial charge on any atom is -0.466 e. The summed E-state index contributed by atoms with van der Waals surface area (Å²) in [5, 5.41) is 3.48. The van der Waals surface area contributed by atoms with Gasteiger partial charge in [-0.15, -0.1) is 0 Å². The summed E-state index contributed by atoms with van der Waals surface area (Å²) in [5.41, 5.74) is -0.290. The van der Waals surface area contributed by atoms with Crippen LogP contribution in [0.4, 0.5) is 0 Å². The molecule has 0 spiro atoms. The molecule has 0 aromatic heterocycles. The number of rotatable bonds is 2. The zero-order valence-electron chi connectivity index (χ0n) is 10.00. The number of hydrogen-bond acceptors (Lipinski definition) is 3. The van der Waals surface area contributed by atoms with Crippen LogP contribution in [-0.4, -0.2) is 25.2 Å². The first kappa shape index (κ1) is 11.6. The Bertz CT molecular complexity index is 288. The van der Waals surface area contributed by atoms with Gasteiger partial charge in [-0.25, -0.2) is 0 Å². The summed E-state index contributed by atoms with van der Waals surface area (Å²) in [6.07, 6.45) is 9.52. The second-order valence-corrected chi connectivity index (χ2v) is 4.76. The lowest BCUT2D eigenvalue weighted by Crippen LogP contribution is -2.51. The lowest BCUT2D eigenvalue weighted by molar-refractivity contribution is -0.159. The third-order valence-corrected chi connectivity index (χ3v) is 3.85. The lowest BCUT2D eigenvalue weighted by Gasteiger charge is -2.41. The molecule has 16 heavy (non-hydrogen) atoms. The molecule has 2 atom stereocenters. The number of esters is 1. The Hall–Kier alpha value is -0.830. The summed E-state index contributed by atoms with van der Waals surface area (Å²) < 4.78 is 5.28. The van der Waals surface area contributed by atoms with E-state index in [1.54, 1.807) is 0 Å². The minimum atomic E-state index is -0.290. The lowest BCUT2D eigenvalue weighted by atomic mass is 9.68. The van der Waals surface area contributed by atoms with Crippen molar-refractivity contribution in [3.63, 3.8) is 0 Å². The van der Waals surface area contributed by atoms with Crippen molar-refractivity contribution in [2.24, 2.45) is 5.41 Å². The van der Waals surface area contributed by atoms with Gasteiger partial charge in [0.25, 0.3) is 0 Å². The average molecular weight is 223 g/mol. The van der Waals surface area contributed by atoms with E-state index in [4.69, 9.17) is 4.74 Å². The molecule has 0 radical (unpaired) electrons. The van der Waals surface area contributed by atoms with Crippen LogP contribution in [0.3, 0.4) is 0 Å². The molecule has 0 aromatic carbocycles. The fourth-order valence-corrected chi connectivity index (χ4v) is 2.97. The number of hydrogen-bond donors (Lipinski definition) is 1. The Morgan fingerprint density at radius 2 is 2.38 bits per heavy atom. The molecular formula is C13H21NO2. The maximum absolute atomic E-state index is 12.2. The van der Waals surface area contributed by atoms with E-state index in [0.717, 1.165) is 32.2 Å². The first-order chi connectivity index (χ1) is 7.79. The van der Waals surface area contributed by atoms with E-state index in [0.29, 0.717) is 12.6 Å². The highest BCUT2D eigenvalue weighted by atomic mass is 16.5. The Kier molecular flexibility index (Phi) is 3.64. The van der Waals surface area contributed by atoms with Crippen molar-refractivity contribution < 1.29 is 9.53 Å². The zero-order valence-corrected chi connectivity index (χ0v) is 10.00. The largest absolute Gasteiger partial charge is 0.466 e. The number of fused-ring (bicyclic) bond motifs is 1. The van der Waals surface area contributed by atoms with Crippen molar-refractivity contribution in [2.75, 3.05) is 13.2 Å². The summed E-state index contributed by atoms with van der Waals surface area (Å²) >= 11 is 0. The SMILES string of the molecule is CCOC(=O)[C@@]12CC=CCN[C@@H]1CCCC2. The molecule has 3 heteroatoms. The minimum absolute atomic E-state index is 0.00116. The second kappa shape index (κ2) is 5.00. The molecule has 3 nitrogen and oxygen atoms in total. The summed E-state index contributed by atoms with van der Waals surface area (Å²) in [6.45, 7) is 3.25. The fourth-order valence-electron chi connectivity index (χ4n) is 2.97. The van der Waals surface area contributed by atoms with Gasteiger partial charge in [-0.2, -0.15) is 0 Å². The van der Waals surface area contributed by atoms with Crippen molar-refractivity contribution >= 4 is 5.97 Å². The van der Waals surface area contributed by atoms with E-state index in [1.807, 2.05) is 6.92 Å². The predicted octanol–water partition coefficient (Wildman–Crippen LogP) is 2.03. The van der Waals surface area contributed by atoms with Gasteiger partial charge in [0, 0.05) is 12.6 Å². The standard InChI is InChI=1S/C13H21NO2/c1-2-16-12(15)13-8-4-3-7-11(13)14-10-6-5-9-13/h5-6,11,14H,2-4,7-10H2,1H3/t11-,13+/m1/s1. The normalized spacial score (nSPS) is 33.9. The highest BCUT2D eigenvalue weighted by molar-refractivity contribution is 5.78. The van der Waals surface area contributed by atoms with E-state index < -0.39 is 0 Å². The molecule has 2 aliphatic rings. The quantitative estimate of drug-likeness (QED) is 0.575. The van der Waals surface area contributed by atoms with Gasteiger partial charge in [-0.05, 0) is 26.2 Å². The monoisotopic (exact) mass is 223 g/mol. The van der Waals surface area contributed by atoms with Crippen LogP contribution in [0.2, 0.25) is 0 Å². The predicted molar refractivity (Wildman–Crippen MR) is 63.1 cm³/mol. The van der Waals surface area contributed by atoms with Crippen LogP contribution in [0.5, 0.6) is 0 Å². The number of carbonyl (C=O) groups excluding carboxylic acids is 1. The van der Waals surface area contributed by atoms with E-state index in [9.17, 15) is 4.79 Å². The number of carbonyl (C=O) groups is 1. The van der Waals surface area contributed by atoms with Gasteiger partial charge in [0.1, 0.15) is 0 Å². The molecule has 0 saturated heterocycles. The number of nitrogens with one attached hydrogen (secondary N) is 1. The molecule has 1 fully saturated rings. The smallest absolute Gasteiger partial charge is 0.313 e. The van der Waals surface area contributed by atoms with Gasteiger partial charge >= 0.3 is 5.97 Å². The van der Waals surface area contributed by atoms with Crippen molar-refractivity contribution in [2.45, 2.75) is 45.1 Å². The van der Waals surface area contributed by atoms with Crippen molar-refractivity contribution in [3.8, 4) is 0 Å². The highest BCUT2D eigenvalue weighted by Gasteiger charge is 2.47. The average Bonchev–Trinajstić information content (AvgIpc) is 2.52. The van der Waals surface area contributed by atoms with Crippen LogP contribution in [0, 0.1) is 5.41 Å². The van der Waals surface area contributed by atoms with Crippen molar-refractivity contribution in [1.82, 2.24) is 5.32 Å². The molecule has 1 N–H and O–H groups in total. The first-order valence-electron chi connectivity index (χ1n) is 6.35. The van der Waals surface area contributed by atoms with Crippen LogP contribution in [0.1, 0.15) is 39.0 Å². The molecule has 1 heterocycles. The van der Waals surface area contributed by atoms with Crippen LogP contribution < -0.4 is 5.32 Å². The molecule has 1 aliphatic carbocycles. The fraction of sp³-hybridized carbons (Fsp3) is 0.769. The molecule has 2 rings (SSSR count). The third kappa shape index (κ3) is 2.01. The van der Waals surface area contributed by atoms with Gasteiger partial charge in [-0.3, -0.25) is 4.79 Å². The van der Waals surface area contributed by atoms with E-state index in [1.165, 1.54) is 6.42 Å². The Morgan fingerprint density at radius 3 is 3.19 bits per heavy atom. The van der Waals surface area contributed by atoms with Crippen LogP contribution in [-0.2, 0) is 9.53 Å². The van der Waals surface area contributed by atoms with E-state index in [2.05, 4.69) is 17.5 Å². The van der Waals surface area contributed by atoms with E-state index >= 15 is 0 Å². The first-order valence-corrected chi connectivity index (χ1v) is 6.35. The molecular weight excluding hydrogens is 202 g/mol. The summed E-state index contributed by atoms with van der Waals surface area (Å²) in [5.74, 6) is -0.00116. The van der Waals surface area contributed by atoms with Gasteiger partial charge in [-0.1, -0.05) is 25.0 Å². The molecule has 0 bridgehead atoms. The summed E-state index contributed by atoms with van der Waals surface area (Å²) in [4.78, 5) is 12.2. The second-order valence-electron chi connectivity index (χ2n) is 4.76. The summed E-state index contributed by atoms with van der Waals surface area (Å²) in [7, 11) is 0. The Balaban J connectivity index is 2.21. The molecule has 90 valence electrons. The zero-order chi connectivity index (χ0) is 11.4. The number of allylic oxidation sites excluding steroid dienone is 1. The van der Waals surface area contributed by atoms with Gasteiger partial charge in [0.2, 0.25) is 0 Å². The van der Waals surface area contributed by atoms with Gasteiger partial charge < -0.3 is 10.1 Å². The maximum atomic E-state index is 12.2. The Labute approximate surface area is 97.2 Å². The molecule has 0 unspecified atom stereocenters. The molecule has 1 aliphatic heterocycles. The molecule has 0 amide bonds. The topological polar surface area (TPSA) is 38.3 Å². The van der Waals surface area contributed by atoms with E-state index in [-0.39, 0.29) is 11.4 Å². The van der Waals surface area contributed by atoms with Crippen molar-refractivity contribution in [3.05, 3.63) is 12.2 Å². The Morgan fingerprint density at radius 1 is 1.50 bits per heavy atom. The highest BCUT2D eigenvalue weighted by Crippen LogP contribution is 2.41. The van der Waals surface area contributed by atoms with Crippen molar-refractivity contribution in [1.29, 1.82) is 0 Å². The number of ether oxygens (including phenoxy) is 1. The maximum Gasteiger partial charge on any atom is 0.313 e.